The van der Waals surface area contributed by atoms with Gasteiger partial charge in [0.1, 0.15) is 0 Å². The van der Waals surface area contributed by atoms with Crippen molar-refractivity contribution < 1.29 is 14.3 Å². The highest BCUT2D eigenvalue weighted by atomic mass is 16.7. The van der Waals surface area contributed by atoms with E-state index in [0.29, 0.717) is 17.8 Å². The van der Waals surface area contributed by atoms with E-state index >= 15 is 0 Å². The van der Waals surface area contributed by atoms with E-state index < -0.39 is 0 Å². The number of imidazole rings is 1. The van der Waals surface area contributed by atoms with Crippen molar-refractivity contribution in [3.05, 3.63) is 76.0 Å². The monoisotopic (exact) mass is 393 g/mol. The van der Waals surface area contributed by atoms with E-state index in [1.165, 1.54) is 0 Å². The Kier molecular flexibility index (Phi) is 4.66. The van der Waals surface area contributed by atoms with Crippen molar-refractivity contribution in [2.24, 2.45) is 0 Å². The largest absolute Gasteiger partial charge is 0.454 e. The molecule has 1 aromatic heterocycles. The molecular formula is C22H23N3O4. The zero-order chi connectivity index (χ0) is 20.6. The van der Waals surface area contributed by atoms with Gasteiger partial charge in [-0.1, -0.05) is 19.9 Å². The third-order valence-electron chi connectivity index (χ3n) is 5.19. The van der Waals surface area contributed by atoms with Crippen molar-refractivity contribution in [3.8, 4) is 17.2 Å². The van der Waals surface area contributed by atoms with Crippen LogP contribution in [0.15, 0.2) is 53.5 Å². The van der Waals surface area contributed by atoms with Gasteiger partial charge in [-0.15, -0.1) is 0 Å². The molecule has 29 heavy (non-hydrogen) atoms. The quantitative estimate of drug-likeness (QED) is 0.698. The van der Waals surface area contributed by atoms with E-state index in [2.05, 4.69) is 24.1 Å². The second-order valence-corrected chi connectivity index (χ2v) is 7.75. The molecule has 7 heteroatoms. The molecular weight excluding hydrogens is 370 g/mol. The molecule has 0 atom stereocenters. The number of aryl methyl sites for hydroxylation is 1. The molecule has 0 aliphatic carbocycles. The average molecular weight is 393 g/mol. The predicted octanol–water partition coefficient (Wildman–Crippen LogP) is 2.91. The minimum atomic E-state index is -0.286. The lowest BCUT2D eigenvalue weighted by atomic mass is 9.84. The fourth-order valence-corrected chi connectivity index (χ4v) is 3.36. The van der Waals surface area contributed by atoms with Gasteiger partial charge in [0.15, 0.2) is 11.5 Å². The van der Waals surface area contributed by atoms with Crippen LogP contribution >= 0.6 is 0 Å². The first-order valence-corrected chi connectivity index (χ1v) is 9.41. The summed E-state index contributed by atoms with van der Waals surface area (Å²) < 4.78 is 12.4. The topological polar surface area (TPSA) is 85.4 Å². The van der Waals surface area contributed by atoms with Crippen LogP contribution < -0.4 is 20.5 Å². The van der Waals surface area contributed by atoms with Gasteiger partial charge in [0.2, 0.25) is 6.79 Å². The number of hydrogen-bond acceptors (Lipinski definition) is 4. The van der Waals surface area contributed by atoms with E-state index in [9.17, 15) is 9.59 Å². The maximum Gasteiger partial charge on any atom is 0.330 e. The van der Waals surface area contributed by atoms with Gasteiger partial charge in [0.05, 0.1) is 5.69 Å². The van der Waals surface area contributed by atoms with E-state index in [1.807, 2.05) is 25.1 Å². The Bertz CT molecular complexity index is 1110. The van der Waals surface area contributed by atoms with E-state index in [1.54, 1.807) is 35.0 Å². The lowest BCUT2D eigenvalue weighted by molar-refractivity contribution is 0.0945. The third kappa shape index (κ3) is 3.63. The Morgan fingerprint density at radius 2 is 1.86 bits per heavy atom. The first-order chi connectivity index (χ1) is 13.8. The lowest BCUT2D eigenvalue weighted by Gasteiger charge is -2.26. The van der Waals surface area contributed by atoms with Crippen LogP contribution in [0.3, 0.4) is 0 Å². The van der Waals surface area contributed by atoms with Crippen LogP contribution in [-0.2, 0) is 5.41 Å². The standard InChI is InChI=1S/C22H23N3O4/c1-14-11-23-21(27)25(14)17-7-4-15(5-8-17)20(26)24-12-22(2,3)16-6-9-18-19(10-16)29-13-28-18/h4-11H,12-13H2,1-3H3,(H,23,27)(H,24,26). The molecule has 1 amide bonds. The van der Waals surface area contributed by atoms with Crippen molar-refractivity contribution in [2.75, 3.05) is 13.3 Å². The zero-order valence-electron chi connectivity index (χ0n) is 16.6. The first kappa shape index (κ1) is 18.9. The number of H-pyrrole nitrogens is 1. The second-order valence-electron chi connectivity index (χ2n) is 7.75. The fourth-order valence-electron chi connectivity index (χ4n) is 3.36. The van der Waals surface area contributed by atoms with Gasteiger partial charge >= 0.3 is 5.69 Å². The summed E-state index contributed by atoms with van der Waals surface area (Å²) in [4.78, 5) is 27.2. The highest BCUT2D eigenvalue weighted by Crippen LogP contribution is 2.36. The first-order valence-electron chi connectivity index (χ1n) is 9.41. The van der Waals surface area contributed by atoms with Crippen LogP contribution in [0, 0.1) is 6.92 Å². The number of aromatic amines is 1. The van der Waals surface area contributed by atoms with Gasteiger partial charge in [-0.3, -0.25) is 9.36 Å². The van der Waals surface area contributed by atoms with Crippen molar-refractivity contribution in [1.82, 2.24) is 14.9 Å². The van der Waals surface area contributed by atoms with Gasteiger partial charge in [-0.05, 0) is 48.9 Å². The average Bonchev–Trinajstić information content (AvgIpc) is 3.32. The van der Waals surface area contributed by atoms with Crippen LogP contribution in [0.5, 0.6) is 11.5 Å². The molecule has 3 aromatic rings. The number of fused-ring (bicyclic) bond motifs is 1. The number of nitrogens with zero attached hydrogens (tertiary/aromatic N) is 1. The number of hydrogen-bond donors (Lipinski definition) is 2. The normalized spacial score (nSPS) is 12.8. The highest BCUT2D eigenvalue weighted by Gasteiger charge is 2.25. The molecule has 0 radical (unpaired) electrons. The summed E-state index contributed by atoms with van der Waals surface area (Å²) in [6.45, 7) is 6.67. The Morgan fingerprint density at radius 3 is 2.55 bits per heavy atom. The molecule has 0 fully saturated rings. The lowest BCUT2D eigenvalue weighted by Crippen LogP contribution is -2.36. The van der Waals surface area contributed by atoms with Gasteiger partial charge in [-0.2, -0.15) is 0 Å². The summed E-state index contributed by atoms with van der Waals surface area (Å²) in [6.07, 6.45) is 1.65. The van der Waals surface area contributed by atoms with Crippen LogP contribution in [0.25, 0.3) is 5.69 Å². The molecule has 150 valence electrons. The summed E-state index contributed by atoms with van der Waals surface area (Å²) in [6, 6.07) is 12.8. The zero-order valence-corrected chi connectivity index (χ0v) is 16.6. The molecule has 0 spiro atoms. The maximum absolute atomic E-state index is 12.6. The van der Waals surface area contributed by atoms with E-state index in [4.69, 9.17) is 9.47 Å². The number of carbonyl (C=O) groups excluding carboxylic acids is 1. The summed E-state index contributed by atoms with van der Waals surface area (Å²) in [5, 5.41) is 3.00. The predicted molar refractivity (Wildman–Crippen MR) is 109 cm³/mol. The smallest absolute Gasteiger partial charge is 0.330 e. The molecule has 2 heterocycles. The number of ether oxygens (including phenoxy) is 2. The molecule has 2 N–H and O–H groups in total. The number of amides is 1. The minimum absolute atomic E-state index is 0.163. The second kappa shape index (κ2) is 7.16. The minimum Gasteiger partial charge on any atom is -0.454 e. The molecule has 7 nitrogen and oxygen atoms in total. The molecule has 1 aliphatic rings. The molecule has 0 saturated heterocycles. The van der Waals surface area contributed by atoms with Gasteiger partial charge < -0.3 is 19.8 Å². The molecule has 0 bridgehead atoms. The molecule has 1 aliphatic heterocycles. The Hall–Kier alpha value is -3.48. The molecule has 4 rings (SSSR count). The number of carbonyl (C=O) groups is 1. The maximum atomic E-state index is 12.6. The summed E-state index contributed by atoms with van der Waals surface area (Å²) in [7, 11) is 0. The van der Waals surface area contributed by atoms with Gasteiger partial charge in [0.25, 0.3) is 5.91 Å². The van der Waals surface area contributed by atoms with Gasteiger partial charge in [-0.25, -0.2) is 4.79 Å². The molecule has 0 unspecified atom stereocenters. The van der Waals surface area contributed by atoms with Crippen LogP contribution in [0.4, 0.5) is 0 Å². The van der Waals surface area contributed by atoms with E-state index in [-0.39, 0.29) is 23.8 Å². The fraction of sp³-hybridized carbons (Fsp3) is 0.273. The Labute approximate surface area is 168 Å². The highest BCUT2D eigenvalue weighted by molar-refractivity contribution is 5.94. The summed E-state index contributed by atoms with van der Waals surface area (Å²) >= 11 is 0. The SMILES string of the molecule is Cc1c[nH]c(=O)n1-c1ccc(C(=O)NCC(C)(C)c2ccc3c(c2)OCO3)cc1. The van der Waals surface area contributed by atoms with E-state index in [0.717, 1.165) is 22.8 Å². The summed E-state index contributed by atoms with van der Waals surface area (Å²) in [5.41, 5.74) is 2.62. The van der Waals surface area contributed by atoms with Crippen LogP contribution in [-0.4, -0.2) is 28.8 Å². The molecule has 0 saturated carbocycles. The van der Waals surface area contributed by atoms with Crippen LogP contribution in [0.1, 0.15) is 35.5 Å². The van der Waals surface area contributed by atoms with Gasteiger partial charge in [0, 0.05) is 29.4 Å². The third-order valence-corrected chi connectivity index (χ3v) is 5.19. The van der Waals surface area contributed by atoms with Crippen molar-refractivity contribution in [1.29, 1.82) is 0 Å². The molecule has 2 aromatic carbocycles. The van der Waals surface area contributed by atoms with Crippen molar-refractivity contribution in [2.45, 2.75) is 26.2 Å². The van der Waals surface area contributed by atoms with Crippen molar-refractivity contribution >= 4 is 5.91 Å². The Morgan fingerprint density at radius 1 is 1.14 bits per heavy atom. The number of benzene rings is 2. The Balaban J connectivity index is 1.44. The van der Waals surface area contributed by atoms with Crippen molar-refractivity contribution in [3.63, 3.8) is 0 Å². The summed E-state index contributed by atoms with van der Waals surface area (Å²) in [5.74, 6) is 1.31. The number of rotatable bonds is 5. The number of aromatic nitrogens is 2. The number of nitrogens with one attached hydrogen (secondary N) is 2. The van der Waals surface area contributed by atoms with Crippen LogP contribution in [0.2, 0.25) is 0 Å².